The molecule has 1 aromatic heterocycles. The van der Waals surface area contributed by atoms with Gasteiger partial charge in [0.05, 0.1) is 4.92 Å². The first kappa shape index (κ1) is 8.65. The van der Waals surface area contributed by atoms with Gasteiger partial charge in [-0.05, 0) is 25.5 Å². The molecule has 0 unspecified atom stereocenters. The van der Waals surface area contributed by atoms with Gasteiger partial charge >= 0.3 is 5.00 Å². The van der Waals surface area contributed by atoms with Crippen LogP contribution in [0.5, 0.6) is 0 Å². The third-order valence-corrected chi connectivity index (χ3v) is 3.35. The fraction of sp³-hybridized carbons (Fsp3) is 0.500. The molecular weight excluding hydrogens is 188 g/mol. The van der Waals surface area contributed by atoms with E-state index in [1.54, 1.807) is 6.07 Å². The molecule has 1 aromatic rings. The van der Waals surface area contributed by atoms with Crippen LogP contribution in [-0.2, 0) is 0 Å². The summed E-state index contributed by atoms with van der Waals surface area (Å²) < 4.78 is 0. The molecule has 1 saturated heterocycles. The highest BCUT2D eigenvalue weighted by atomic mass is 32.1. The summed E-state index contributed by atoms with van der Waals surface area (Å²) in [7, 11) is 0. The molecule has 0 bridgehead atoms. The minimum absolute atomic E-state index is 0.240. The first-order valence-electron chi connectivity index (χ1n) is 4.25. The van der Waals surface area contributed by atoms with Crippen molar-refractivity contribution in [3.05, 3.63) is 27.1 Å². The van der Waals surface area contributed by atoms with Gasteiger partial charge in [-0.3, -0.25) is 10.1 Å². The maximum absolute atomic E-state index is 10.4. The average Bonchev–Trinajstić information content (AvgIpc) is 2.75. The van der Waals surface area contributed by atoms with Crippen molar-refractivity contribution >= 4 is 16.3 Å². The molecule has 1 aliphatic rings. The van der Waals surface area contributed by atoms with Gasteiger partial charge in [-0.2, -0.15) is 0 Å². The Hall–Kier alpha value is -0.940. The second kappa shape index (κ2) is 3.43. The van der Waals surface area contributed by atoms with E-state index < -0.39 is 0 Å². The summed E-state index contributed by atoms with van der Waals surface area (Å²) in [5.74, 6) is 0. The van der Waals surface area contributed by atoms with Crippen molar-refractivity contribution in [3.63, 3.8) is 0 Å². The molecule has 0 aliphatic carbocycles. The fourth-order valence-corrected chi connectivity index (χ4v) is 2.49. The van der Waals surface area contributed by atoms with Crippen molar-refractivity contribution in [2.75, 3.05) is 6.54 Å². The maximum Gasteiger partial charge on any atom is 0.324 e. The smallest absolute Gasteiger partial charge is 0.309 e. The Labute approximate surface area is 79.7 Å². The first-order valence-corrected chi connectivity index (χ1v) is 5.06. The van der Waals surface area contributed by atoms with Gasteiger partial charge in [-0.1, -0.05) is 11.3 Å². The number of hydrogen-bond acceptors (Lipinski definition) is 4. The lowest BCUT2D eigenvalue weighted by molar-refractivity contribution is -0.380. The second-order valence-corrected chi connectivity index (χ2v) is 4.18. The molecule has 5 heteroatoms. The summed E-state index contributed by atoms with van der Waals surface area (Å²) in [6.45, 7) is 1.02. The summed E-state index contributed by atoms with van der Waals surface area (Å²) in [6.07, 6.45) is 2.26. The summed E-state index contributed by atoms with van der Waals surface area (Å²) in [6, 6.07) is 3.78. The molecule has 0 amide bonds. The maximum atomic E-state index is 10.4. The van der Waals surface area contributed by atoms with E-state index in [0.29, 0.717) is 6.04 Å². The van der Waals surface area contributed by atoms with Crippen LogP contribution in [0.15, 0.2) is 12.1 Å². The second-order valence-electron chi connectivity index (χ2n) is 3.08. The molecule has 1 N–H and O–H groups in total. The van der Waals surface area contributed by atoms with Gasteiger partial charge in [0.1, 0.15) is 0 Å². The molecule has 13 heavy (non-hydrogen) atoms. The predicted octanol–water partition coefficient (Wildman–Crippen LogP) is 2.08. The van der Waals surface area contributed by atoms with E-state index in [1.807, 2.05) is 6.07 Å². The lowest BCUT2D eigenvalue weighted by atomic mass is 10.2. The number of hydrogen-bond donors (Lipinski definition) is 1. The van der Waals surface area contributed by atoms with Crippen LogP contribution < -0.4 is 5.32 Å². The van der Waals surface area contributed by atoms with Crippen molar-refractivity contribution in [1.82, 2.24) is 5.32 Å². The number of rotatable bonds is 2. The monoisotopic (exact) mass is 198 g/mol. The molecule has 0 aromatic carbocycles. The van der Waals surface area contributed by atoms with Gasteiger partial charge in [-0.15, -0.1) is 0 Å². The van der Waals surface area contributed by atoms with Gasteiger partial charge in [0, 0.05) is 17.0 Å². The summed E-state index contributed by atoms with van der Waals surface area (Å²) in [5, 5.41) is 14.0. The molecule has 0 spiro atoms. The molecule has 2 rings (SSSR count). The van der Waals surface area contributed by atoms with E-state index in [1.165, 1.54) is 11.3 Å². The highest BCUT2D eigenvalue weighted by Crippen LogP contribution is 2.32. The zero-order chi connectivity index (χ0) is 9.26. The van der Waals surface area contributed by atoms with Gasteiger partial charge in [0.25, 0.3) is 0 Å². The van der Waals surface area contributed by atoms with E-state index in [2.05, 4.69) is 5.32 Å². The molecule has 1 atom stereocenters. The van der Waals surface area contributed by atoms with E-state index in [0.717, 1.165) is 24.3 Å². The Morgan fingerprint density at radius 3 is 3.00 bits per heavy atom. The number of nitro groups is 1. The summed E-state index contributed by atoms with van der Waals surface area (Å²) in [4.78, 5) is 11.2. The van der Waals surface area contributed by atoms with Crippen molar-refractivity contribution in [2.45, 2.75) is 18.9 Å². The van der Waals surface area contributed by atoms with E-state index in [4.69, 9.17) is 0 Å². The SMILES string of the molecule is O=[N+]([O-])c1ccc([C@@H]2CCCN2)s1. The standard InChI is InChI=1S/C8H10N2O2S/c11-10(12)8-4-3-7(13-8)6-2-1-5-9-6/h3-4,6,9H,1-2,5H2/t6-/m0/s1. The van der Waals surface area contributed by atoms with E-state index in [-0.39, 0.29) is 9.92 Å². The van der Waals surface area contributed by atoms with Crippen LogP contribution in [0.2, 0.25) is 0 Å². The zero-order valence-electron chi connectivity index (χ0n) is 7.03. The Balaban J connectivity index is 2.16. The van der Waals surface area contributed by atoms with E-state index in [9.17, 15) is 10.1 Å². The Morgan fingerprint density at radius 1 is 1.62 bits per heavy atom. The van der Waals surface area contributed by atoms with Gasteiger partial charge < -0.3 is 5.32 Å². The quantitative estimate of drug-likeness (QED) is 0.584. The third-order valence-electron chi connectivity index (χ3n) is 2.20. The fourth-order valence-electron chi connectivity index (χ4n) is 1.56. The van der Waals surface area contributed by atoms with Crippen LogP contribution in [0.3, 0.4) is 0 Å². The molecule has 2 heterocycles. The molecule has 70 valence electrons. The number of nitrogens with zero attached hydrogens (tertiary/aromatic N) is 1. The van der Waals surface area contributed by atoms with Gasteiger partial charge in [-0.25, -0.2) is 0 Å². The number of nitrogens with one attached hydrogen (secondary N) is 1. The minimum Gasteiger partial charge on any atom is -0.309 e. The Bertz CT molecular complexity index is 318. The lowest BCUT2D eigenvalue weighted by Gasteiger charge is -2.04. The van der Waals surface area contributed by atoms with Crippen LogP contribution >= 0.6 is 11.3 Å². The molecule has 1 aliphatic heterocycles. The average molecular weight is 198 g/mol. The summed E-state index contributed by atoms with van der Waals surface area (Å²) >= 11 is 1.28. The first-order chi connectivity index (χ1) is 6.27. The molecule has 1 fully saturated rings. The van der Waals surface area contributed by atoms with E-state index >= 15 is 0 Å². The van der Waals surface area contributed by atoms with Crippen molar-refractivity contribution in [1.29, 1.82) is 0 Å². The molecule has 0 saturated carbocycles. The van der Waals surface area contributed by atoms with Gasteiger partial charge in [0.2, 0.25) is 0 Å². The van der Waals surface area contributed by atoms with Crippen LogP contribution in [0.1, 0.15) is 23.8 Å². The molecule has 0 radical (unpaired) electrons. The van der Waals surface area contributed by atoms with Crippen LogP contribution in [0.25, 0.3) is 0 Å². The Kier molecular flexibility index (Phi) is 2.28. The van der Waals surface area contributed by atoms with Gasteiger partial charge in [0.15, 0.2) is 0 Å². The molecule has 4 nitrogen and oxygen atoms in total. The lowest BCUT2D eigenvalue weighted by Crippen LogP contribution is -2.11. The van der Waals surface area contributed by atoms with Crippen molar-refractivity contribution in [3.8, 4) is 0 Å². The third kappa shape index (κ3) is 1.71. The topological polar surface area (TPSA) is 55.2 Å². The highest BCUT2D eigenvalue weighted by molar-refractivity contribution is 7.15. The predicted molar refractivity (Wildman–Crippen MR) is 51.0 cm³/mol. The van der Waals surface area contributed by atoms with Crippen molar-refractivity contribution < 1.29 is 4.92 Å². The molecular formula is C8H10N2O2S. The largest absolute Gasteiger partial charge is 0.324 e. The van der Waals surface area contributed by atoms with Crippen LogP contribution in [0.4, 0.5) is 5.00 Å². The van der Waals surface area contributed by atoms with Crippen molar-refractivity contribution in [2.24, 2.45) is 0 Å². The summed E-state index contributed by atoms with van der Waals surface area (Å²) in [5.41, 5.74) is 0. The van der Waals surface area contributed by atoms with Crippen LogP contribution in [-0.4, -0.2) is 11.5 Å². The van der Waals surface area contributed by atoms with Crippen LogP contribution in [0, 0.1) is 10.1 Å². The minimum atomic E-state index is -0.330. The Morgan fingerprint density at radius 2 is 2.46 bits per heavy atom. The normalized spacial score (nSPS) is 22.0. The zero-order valence-corrected chi connectivity index (χ0v) is 7.84. The highest BCUT2D eigenvalue weighted by Gasteiger charge is 2.20. The number of thiophene rings is 1.